The summed E-state index contributed by atoms with van der Waals surface area (Å²) < 4.78 is 0. The molecule has 0 aliphatic carbocycles. The van der Waals surface area contributed by atoms with Gasteiger partial charge in [-0.25, -0.2) is 0 Å². The molecule has 0 aliphatic heterocycles. The number of benzene rings is 2. The summed E-state index contributed by atoms with van der Waals surface area (Å²) in [5.74, 6) is 1.10. The lowest BCUT2D eigenvalue weighted by Crippen LogP contribution is -2.49. The van der Waals surface area contributed by atoms with Crippen molar-refractivity contribution < 1.29 is 9.59 Å². The number of nitrogens with zero attached hydrogens (tertiary/aromatic N) is 1. The topological polar surface area (TPSA) is 49.4 Å². The van der Waals surface area contributed by atoms with E-state index in [2.05, 4.69) is 44.3 Å². The Morgan fingerprint density at radius 2 is 1.68 bits per heavy atom. The van der Waals surface area contributed by atoms with Gasteiger partial charge in [-0.1, -0.05) is 79.9 Å². The van der Waals surface area contributed by atoms with Crippen LogP contribution in [0.1, 0.15) is 55.4 Å². The van der Waals surface area contributed by atoms with Crippen LogP contribution in [0.5, 0.6) is 0 Å². The van der Waals surface area contributed by atoms with E-state index in [4.69, 9.17) is 0 Å². The van der Waals surface area contributed by atoms with Crippen LogP contribution in [0.15, 0.2) is 48.5 Å². The Bertz CT molecular complexity index is 818. The highest BCUT2D eigenvalue weighted by molar-refractivity contribution is 7.99. The third kappa shape index (κ3) is 8.41. The molecular weight excluding hydrogens is 404 g/mol. The van der Waals surface area contributed by atoms with Gasteiger partial charge in [0.2, 0.25) is 11.8 Å². The predicted octanol–water partition coefficient (Wildman–Crippen LogP) is 5.26. The molecule has 5 heteroatoms. The highest BCUT2D eigenvalue weighted by atomic mass is 32.2. The van der Waals surface area contributed by atoms with Crippen molar-refractivity contribution >= 4 is 23.6 Å². The fourth-order valence-corrected chi connectivity index (χ4v) is 4.54. The molecule has 2 rings (SSSR count). The molecule has 0 spiro atoms. The number of amides is 2. The summed E-state index contributed by atoms with van der Waals surface area (Å²) in [5.41, 5.74) is 4.74. The largest absolute Gasteiger partial charge is 0.354 e. The number of nitrogens with one attached hydrogen (secondary N) is 1. The van der Waals surface area contributed by atoms with E-state index in [9.17, 15) is 9.59 Å². The van der Waals surface area contributed by atoms with E-state index in [1.54, 1.807) is 16.7 Å². The highest BCUT2D eigenvalue weighted by Crippen LogP contribution is 2.19. The third-order valence-electron chi connectivity index (χ3n) is 5.19. The number of hydrogen-bond acceptors (Lipinski definition) is 3. The lowest BCUT2D eigenvalue weighted by molar-refractivity contribution is -0.139. The molecule has 4 nitrogen and oxygen atoms in total. The lowest BCUT2D eigenvalue weighted by atomic mass is 10.1. The molecule has 1 N–H and O–H groups in total. The van der Waals surface area contributed by atoms with Crippen LogP contribution in [0.3, 0.4) is 0 Å². The van der Waals surface area contributed by atoms with Crippen LogP contribution in [-0.4, -0.2) is 35.1 Å². The van der Waals surface area contributed by atoms with E-state index < -0.39 is 6.04 Å². The molecule has 0 bridgehead atoms. The second kappa shape index (κ2) is 13.2. The van der Waals surface area contributed by atoms with Crippen molar-refractivity contribution in [2.45, 2.75) is 65.3 Å². The fraction of sp³-hybridized carbons (Fsp3) is 0.462. The zero-order valence-electron chi connectivity index (χ0n) is 19.3. The molecule has 0 aromatic heterocycles. The van der Waals surface area contributed by atoms with Gasteiger partial charge in [-0.05, 0) is 37.8 Å². The molecule has 0 saturated carbocycles. The Morgan fingerprint density at radius 3 is 2.29 bits per heavy atom. The maximum atomic E-state index is 13.2. The SMILES string of the molecule is CCCCNC(=O)[C@@H](CC)N(Cc1ccccc1)C(=O)CSCc1cc(C)cc(C)c1. The molecule has 0 aliphatic rings. The Balaban J connectivity index is 2.08. The molecular formula is C26H36N2O2S. The molecule has 168 valence electrons. The van der Waals surface area contributed by atoms with Crippen molar-refractivity contribution in [2.24, 2.45) is 0 Å². The standard InChI is InChI=1S/C26H36N2O2S/c1-5-7-13-27-26(30)24(6-2)28(17-22-11-9-8-10-12-22)25(29)19-31-18-23-15-20(3)14-21(4)16-23/h8-12,14-16,24H,5-7,13,17-19H2,1-4H3,(H,27,30)/t24-/m1/s1. The van der Waals surface area contributed by atoms with Crippen LogP contribution in [0.2, 0.25) is 0 Å². The van der Waals surface area contributed by atoms with Crippen molar-refractivity contribution in [3.8, 4) is 0 Å². The highest BCUT2D eigenvalue weighted by Gasteiger charge is 2.28. The number of aryl methyl sites for hydroxylation is 2. The summed E-state index contributed by atoms with van der Waals surface area (Å²) in [4.78, 5) is 27.8. The first-order valence-corrected chi connectivity index (χ1v) is 12.4. The number of carbonyl (C=O) groups excluding carboxylic acids is 2. The zero-order chi connectivity index (χ0) is 22.6. The Morgan fingerprint density at radius 1 is 1.00 bits per heavy atom. The molecule has 0 radical (unpaired) electrons. The number of rotatable bonds is 12. The summed E-state index contributed by atoms with van der Waals surface area (Å²) >= 11 is 1.61. The monoisotopic (exact) mass is 440 g/mol. The molecule has 2 aromatic carbocycles. The first-order chi connectivity index (χ1) is 14.9. The van der Waals surface area contributed by atoms with E-state index in [1.807, 2.05) is 37.3 Å². The summed E-state index contributed by atoms with van der Waals surface area (Å²) in [6.45, 7) is 9.36. The summed E-state index contributed by atoms with van der Waals surface area (Å²) in [6, 6.07) is 15.9. The number of carbonyl (C=O) groups is 2. The molecule has 0 saturated heterocycles. The predicted molar refractivity (Wildman–Crippen MR) is 131 cm³/mol. The van der Waals surface area contributed by atoms with E-state index >= 15 is 0 Å². The zero-order valence-corrected chi connectivity index (χ0v) is 20.1. The summed E-state index contributed by atoms with van der Waals surface area (Å²) in [6.07, 6.45) is 2.57. The normalized spacial score (nSPS) is 11.7. The van der Waals surface area contributed by atoms with Crippen LogP contribution in [0.4, 0.5) is 0 Å². The van der Waals surface area contributed by atoms with Crippen LogP contribution in [0.25, 0.3) is 0 Å². The van der Waals surface area contributed by atoms with Gasteiger partial charge in [-0.2, -0.15) is 0 Å². The van der Waals surface area contributed by atoms with Crippen LogP contribution < -0.4 is 5.32 Å². The summed E-state index contributed by atoms with van der Waals surface area (Å²) in [7, 11) is 0. The maximum Gasteiger partial charge on any atom is 0.242 e. The van der Waals surface area contributed by atoms with Gasteiger partial charge >= 0.3 is 0 Å². The number of hydrogen-bond donors (Lipinski definition) is 1. The third-order valence-corrected chi connectivity index (χ3v) is 6.18. The van der Waals surface area contributed by atoms with Crippen LogP contribution >= 0.6 is 11.8 Å². The average molecular weight is 441 g/mol. The second-order valence-electron chi connectivity index (χ2n) is 8.06. The average Bonchev–Trinajstić information content (AvgIpc) is 2.73. The van der Waals surface area contributed by atoms with Gasteiger partial charge in [0.25, 0.3) is 0 Å². The van der Waals surface area contributed by atoms with E-state index in [0.717, 1.165) is 24.2 Å². The first kappa shape index (κ1) is 25.0. The van der Waals surface area contributed by atoms with E-state index in [-0.39, 0.29) is 11.8 Å². The molecule has 1 atom stereocenters. The van der Waals surface area contributed by atoms with Crippen LogP contribution in [0, 0.1) is 13.8 Å². The van der Waals surface area contributed by atoms with Gasteiger partial charge in [0.15, 0.2) is 0 Å². The minimum absolute atomic E-state index is 0.00993. The minimum atomic E-state index is -0.452. The number of unbranched alkanes of at least 4 members (excludes halogenated alkanes) is 1. The number of thioether (sulfide) groups is 1. The Labute approximate surface area is 191 Å². The van der Waals surface area contributed by atoms with Crippen molar-refractivity contribution in [1.82, 2.24) is 10.2 Å². The second-order valence-corrected chi connectivity index (χ2v) is 9.05. The van der Waals surface area contributed by atoms with Gasteiger partial charge in [0.05, 0.1) is 5.75 Å². The van der Waals surface area contributed by atoms with Crippen molar-refractivity contribution in [3.63, 3.8) is 0 Å². The Kier molecular flexibility index (Phi) is 10.6. The lowest BCUT2D eigenvalue weighted by Gasteiger charge is -2.30. The molecule has 0 heterocycles. The van der Waals surface area contributed by atoms with Crippen molar-refractivity contribution in [3.05, 3.63) is 70.8 Å². The van der Waals surface area contributed by atoms with Gasteiger partial charge in [0.1, 0.15) is 6.04 Å². The summed E-state index contributed by atoms with van der Waals surface area (Å²) in [5, 5.41) is 3.01. The van der Waals surface area contributed by atoms with Gasteiger partial charge in [-0.15, -0.1) is 11.8 Å². The smallest absolute Gasteiger partial charge is 0.242 e. The van der Waals surface area contributed by atoms with Crippen molar-refractivity contribution in [1.29, 1.82) is 0 Å². The molecule has 2 aromatic rings. The van der Waals surface area contributed by atoms with Gasteiger partial charge < -0.3 is 10.2 Å². The molecule has 31 heavy (non-hydrogen) atoms. The van der Waals surface area contributed by atoms with E-state index in [1.165, 1.54) is 16.7 Å². The molecule has 0 fully saturated rings. The fourth-order valence-electron chi connectivity index (χ4n) is 3.70. The quantitative estimate of drug-likeness (QED) is 0.458. The van der Waals surface area contributed by atoms with Gasteiger partial charge in [0, 0.05) is 18.8 Å². The minimum Gasteiger partial charge on any atom is -0.354 e. The molecule has 2 amide bonds. The van der Waals surface area contributed by atoms with E-state index in [0.29, 0.717) is 25.3 Å². The maximum absolute atomic E-state index is 13.2. The molecule has 0 unspecified atom stereocenters. The Hall–Kier alpha value is -2.27. The first-order valence-electron chi connectivity index (χ1n) is 11.2. The van der Waals surface area contributed by atoms with Crippen molar-refractivity contribution in [2.75, 3.05) is 12.3 Å². The van der Waals surface area contributed by atoms with Crippen LogP contribution in [-0.2, 0) is 21.9 Å². The van der Waals surface area contributed by atoms with Gasteiger partial charge in [-0.3, -0.25) is 9.59 Å².